The Hall–Kier alpha value is -1.64. The van der Waals surface area contributed by atoms with Crippen molar-refractivity contribution >= 4 is 11.8 Å². The molecule has 1 aromatic rings. The molecule has 0 saturated carbocycles. The molecule has 0 radical (unpaired) electrons. The predicted molar refractivity (Wildman–Crippen MR) is 59.0 cm³/mol. The van der Waals surface area contributed by atoms with Crippen molar-refractivity contribution in [2.45, 2.75) is 26.7 Å². The van der Waals surface area contributed by atoms with E-state index in [0.29, 0.717) is 24.2 Å². The van der Waals surface area contributed by atoms with Crippen LogP contribution in [0.25, 0.3) is 0 Å². The van der Waals surface area contributed by atoms with Gasteiger partial charge < -0.3 is 5.11 Å². The zero-order chi connectivity index (χ0) is 11.7. The van der Waals surface area contributed by atoms with Crippen LogP contribution >= 0.6 is 0 Å². The van der Waals surface area contributed by atoms with E-state index in [0.717, 1.165) is 0 Å². The molecule has 82 valence electrons. The molecule has 0 atom stereocenters. The Bertz CT molecular complexity index is 298. The van der Waals surface area contributed by atoms with E-state index >= 15 is 0 Å². The lowest BCUT2D eigenvalue weighted by Crippen LogP contribution is -1.93. The summed E-state index contributed by atoms with van der Waals surface area (Å²) in [4.78, 5) is 20.4. The van der Waals surface area contributed by atoms with Crippen molar-refractivity contribution in [1.29, 1.82) is 0 Å². The van der Waals surface area contributed by atoms with Gasteiger partial charge in [0, 0.05) is 12.8 Å². The van der Waals surface area contributed by atoms with Crippen LogP contribution in [0, 0.1) is 0 Å². The first-order chi connectivity index (χ1) is 7.11. The molecule has 1 rings (SSSR count). The summed E-state index contributed by atoms with van der Waals surface area (Å²) >= 11 is 0. The van der Waals surface area contributed by atoms with E-state index in [-0.39, 0.29) is 0 Å². The molecule has 1 N–H and O–H groups in total. The number of benzene rings is 1. The number of aromatic carboxylic acids is 1. The first-order valence-corrected chi connectivity index (χ1v) is 4.91. The summed E-state index contributed by atoms with van der Waals surface area (Å²) < 4.78 is 0. The van der Waals surface area contributed by atoms with Crippen LogP contribution in [0.1, 0.15) is 37.0 Å². The topological polar surface area (TPSA) is 54.4 Å². The minimum Gasteiger partial charge on any atom is -0.478 e. The second kappa shape index (κ2) is 7.74. The molecule has 0 unspecified atom stereocenters. The van der Waals surface area contributed by atoms with E-state index in [2.05, 4.69) is 0 Å². The summed E-state index contributed by atoms with van der Waals surface area (Å²) in [6.45, 7) is 3.76. The van der Waals surface area contributed by atoms with Crippen LogP contribution in [0.4, 0.5) is 0 Å². The molecule has 0 aliphatic rings. The number of hydrogen-bond acceptors (Lipinski definition) is 2. The van der Waals surface area contributed by atoms with E-state index in [9.17, 15) is 9.59 Å². The fraction of sp³-hybridized carbons (Fsp3) is 0.333. The van der Waals surface area contributed by atoms with Crippen molar-refractivity contribution in [3.63, 3.8) is 0 Å². The van der Waals surface area contributed by atoms with Crippen molar-refractivity contribution in [3.05, 3.63) is 35.9 Å². The molecule has 0 bridgehead atoms. The standard InChI is InChI=1S/C7H6O2.C5H10O/c8-7(9)6-4-2-1-3-5-6;1-3-5(6)4-2/h1-5H,(H,8,9);3-4H2,1-2H3. The average molecular weight is 208 g/mol. The van der Waals surface area contributed by atoms with Crippen LogP contribution in [0.2, 0.25) is 0 Å². The van der Waals surface area contributed by atoms with Crippen LogP contribution in [0.5, 0.6) is 0 Å². The number of carboxylic acids is 1. The number of hydrogen-bond donors (Lipinski definition) is 1. The smallest absolute Gasteiger partial charge is 0.335 e. The lowest BCUT2D eigenvalue weighted by Gasteiger charge is -1.88. The molecule has 1 aromatic carbocycles. The molecule has 15 heavy (non-hydrogen) atoms. The summed E-state index contributed by atoms with van der Waals surface area (Å²) in [7, 11) is 0. The summed E-state index contributed by atoms with van der Waals surface area (Å²) in [6, 6.07) is 8.30. The van der Waals surface area contributed by atoms with Crippen LogP contribution in [-0.4, -0.2) is 16.9 Å². The number of ketones is 1. The fourth-order valence-corrected chi connectivity index (χ4v) is 0.831. The highest BCUT2D eigenvalue weighted by Gasteiger charge is 1.96. The maximum absolute atomic E-state index is 10.2. The van der Waals surface area contributed by atoms with Gasteiger partial charge in [0.25, 0.3) is 0 Å². The third-order valence-corrected chi connectivity index (χ3v) is 1.81. The normalized spacial score (nSPS) is 8.67. The number of carbonyl (C=O) groups excluding carboxylic acids is 1. The van der Waals surface area contributed by atoms with E-state index in [1.54, 1.807) is 30.3 Å². The van der Waals surface area contributed by atoms with Crippen LogP contribution in [0.15, 0.2) is 30.3 Å². The molecule has 3 nitrogen and oxygen atoms in total. The summed E-state index contributed by atoms with van der Waals surface area (Å²) in [6.07, 6.45) is 1.38. The summed E-state index contributed by atoms with van der Waals surface area (Å²) in [5.41, 5.74) is 0.331. The Morgan fingerprint density at radius 2 is 1.53 bits per heavy atom. The number of rotatable bonds is 3. The summed E-state index contributed by atoms with van der Waals surface area (Å²) in [5, 5.41) is 8.38. The van der Waals surface area contributed by atoms with Gasteiger partial charge in [-0.3, -0.25) is 4.79 Å². The lowest BCUT2D eigenvalue weighted by molar-refractivity contribution is -0.118. The molecule has 0 spiro atoms. The third kappa shape index (κ3) is 6.43. The first kappa shape index (κ1) is 13.4. The van der Waals surface area contributed by atoms with Gasteiger partial charge in [-0.25, -0.2) is 4.79 Å². The zero-order valence-corrected chi connectivity index (χ0v) is 9.06. The number of carbonyl (C=O) groups is 2. The van der Waals surface area contributed by atoms with Crippen LogP contribution < -0.4 is 0 Å². The first-order valence-electron chi connectivity index (χ1n) is 4.91. The van der Waals surface area contributed by atoms with Gasteiger partial charge in [0.2, 0.25) is 0 Å². The van der Waals surface area contributed by atoms with Gasteiger partial charge in [-0.1, -0.05) is 32.0 Å². The SMILES string of the molecule is CCC(=O)CC.O=C(O)c1ccccc1. The van der Waals surface area contributed by atoms with Crippen molar-refractivity contribution < 1.29 is 14.7 Å². The molecular weight excluding hydrogens is 192 g/mol. The van der Waals surface area contributed by atoms with Gasteiger partial charge in [0.15, 0.2) is 0 Å². The number of carboxylic acid groups (broad SMARTS) is 1. The Kier molecular flexibility index (Phi) is 6.89. The second-order valence-electron chi connectivity index (χ2n) is 2.92. The van der Waals surface area contributed by atoms with Gasteiger partial charge in [-0.05, 0) is 12.1 Å². The molecule has 0 aromatic heterocycles. The minimum atomic E-state index is -0.879. The highest BCUT2D eigenvalue weighted by atomic mass is 16.4. The van der Waals surface area contributed by atoms with Crippen molar-refractivity contribution in [2.24, 2.45) is 0 Å². The highest BCUT2D eigenvalue weighted by Crippen LogP contribution is 1.96. The van der Waals surface area contributed by atoms with Crippen molar-refractivity contribution in [2.75, 3.05) is 0 Å². The van der Waals surface area contributed by atoms with Crippen molar-refractivity contribution in [1.82, 2.24) is 0 Å². The molecule has 3 heteroatoms. The Morgan fingerprint density at radius 3 is 1.73 bits per heavy atom. The van der Waals surface area contributed by atoms with Crippen molar-refractivity contribution in [3.8, 4) is 0 Å². The molecule has 0 heterocycles. The average Bonchev–Trinajstić information content (AvgIpc) is 2.30. The van der Waals surface area contributed by atoms with Gasteiger partial charge in [0.1, 0.15) is 5.78 Å². The van der Waals surface area contributed by atoms with Crippen LogP contribution in [0.3, 0.4) is 0 Å². The highest BCUT2D eigenvalue weighted by molar-refractivity contribution is 5.87. The maximum Gasteiger partial charge on any atom is 0.335 e. The molecule has 0 fully saturated rings. The molecule has 0 saturated heterocycles. The van der Waals surface area contributed by atoms with E-state index in [4.69, 9.17) is 5.11 Å². The monoisotopic (exact) mass is 208 g/mol. The fourth-order valence-electron chi connectivity index (χ4n) is 0.831. The minimum absolute atomic E-state index is 0.331. The quantitative estimate of drug-likeness (QED) is 0.830. The van der Waals surface area contributed by atoms with Crippen LogP contribution in [-0.2, 0) is 4.79 Å². The number of Topliss-reactive ketones (excluding diaryl/α,β-unsaturated/α-hetero) is 1. The van der Waals surface area contributed by atoms with Gasteiger partial charge in [-0.2, -0.15) is 0 Å². The van der Waals surface area contributed by atoms with E-state index < -0.39 is 5.97 Å². The Morgan fingerprint density at radius 1 is 1.07 bits per heavy atom. The lowest BCUT2D eigenvalue weighted by atomic mass is 10.2. The van der Waals surface area contributed by atoms with Gasteiger partial charge in [-0.15, -0.1) is 0 Å². The zero-order valence-electron chi connectivity index (χ0n) is 9.06. The van der Waals surface area contributed by atoms with E-state index in [1.165, 1.54) is 0 Å². The Labute approximate surface area is 89.7 Å². The molecule has 0 amide bonds. The molecular formula is C12H16O3. The van der Waals surface area contributed by atoms with Gasteiger partial charge in [0.05, 0.1) is 5.56 Å². The predicted octanol–water partition coefficient (Wildman–Crippen LogP) is 2.76. The largest absolute Gasteiger partial charge is 0.478 e. The summed E-state index contributed by atoms with van der Waals surface area (Å²) in [5.74, 6) is -0.536. The second-order valence-corrected chi connectivity index (χ2v) is 2.92. The van der Waals surface area contributed by atoms with Gasteiger partial charge >= 0.3 is 5.97 Å². The third-order valence-electron chi connectivity index (χ3n) is 1.81. The molecule has 0 aliphatic carbocycles. The van der Waals surface area contributed by atoms with E-state index in [1.807, 2.05) is 13.8 Å². The Balaban J connectivity index is 0.000000288. The maximum atomic E-state index is 10.2. The molecule has 0 aliphatic heterocycles.